The van der Waals surface area contributed by atoms with E-state index in [1.165, 1.54) is 5.56 Å². The third kappa shape index (κ3) is 3.28. The molecule has 0 amide bonds. The van der Waals surface area contributed by atoms with Gasteiger partial charge in [-0.3, -0.25) is 0 Å². The molecule has 1 N–H and O–H groups in total. The predicted molar refractivity (Wildman–Crippen MR) is 77.5 cm³/mol. The molecule has 0 spiro atoms. The first-order valence-electron chi connectivity index (χ1n) is 7.25. The van der Waals surface area contributed by atoms with Gasteiger partial charge in [-0.25, -0.2) is 0 Å². The molecule has 1 fully saturated rings. The van der Waals surface area contributed by atoms with Gasteiger partial charge < -0.3 is 14.8 Å². The lowest BCUT2D eigenvalue weighted by molar-refractivity contribution is 0.0599. The van der Waals surface area contributed by atoms with Gasteiger partial charge in [0.2, 0.25) is 0 Å². The Bertz CT molecular complexity index is 394. The minimum Gasteiger partial charge on any atom is -0.496 e. The van der Waals surface area contributed by atoms with Crippen LogP contribution < -0.4 is 10.1 Å². The molecule has 3 heteroatoms. The summed E-state index contributed by atoms with van der Waals surface area (Å²) >= 11 is 0. The zero-order chi connectivity index (χ0) is 13.7. The average Bonchev–Trinajstić information content (AvgIpc) is 2.86. The summed E-state index contributed by atoms with van der Waals surface area (Å²) in [5.41, 5.74) is 1.21. The summed E-state index contributed by atoms with van der Waals surface area (Å²) in [6.07, 6.45) is 2.50. The maximum absolute atomic E-state index is 5.96. The number of methoxy groups -OCH3 is 1. The topological polar surface area (TPSA) is 30.5 Å². The Hall–Kier alpha value is -1.06. The zero-order valence-electron chi connectivity index (χ0n) is 12.2. The quantitative estimate of drug-likeness (QED) is 0.855. The molecule has 3 nitrogen and oxygen atoms in total. The lowest BCUT2D eigenvalue weighted by Crippen LogP contribution is -2.35. The van der Waals surface area contributed by atoms with E-state index in [0.29, 0.717) is 5.92 Å². The number of hydrogen-bond donors (Lipinski definition) is 1. The van der Waals surface area contributed by atoms with Crippen molar-refractivity contribution in [2.75, 3.05) is 20.3 Å². The van der Waals surface area contributed by atoms with Gasteiger partial charge in [0.05, 0.1) is 19.3 Å². The Morgan fingerprint density at radius 1 is 1.42 bits per heavy atom. The van der Waals surface area contributed by atoms with Crippen LogP contribution in [0.15, 0.2) is 24.3 Å². The van der Waals surface area contributed by atoms with Crippen molar-refractivity contribution in [3.63, 3.8) is 0 Å². The Balaban J connectivity index is 2.25. The fourth-order valence-electron chi connectivity index (χ4n) is 2.77. The highest BCUT2D eigenvalue weighted by Crippen LogP contribution is 2.35. The van der Waals surface area contributed by atoms with E-state index >= 15 is 0 Å². The Kier molecular flexibility index (Phi) is 5.23. The summed E-state index contributed by atoms with van der Waals surface area (Å²) < 4.78 is 11.5. The lowest BCUT2D eigenvalue weighted by atomic mass is 9.92. The number of para-hydroxylation sites is 1. The van der Waals surface area contributed by atoms with Crippen molar-refractivity contribution in [2.24, 2.45) is 5.92 Å². The average molecular weight is 263 g/mol. The van der Waals surface area contributed by atoms with Gasteiger partial charge in [0, 0.05) is 12.2 Å². The monoisotopic (exact) mass is 263 g/mol. The molecule has 1 aliphatic heterocycles. The van der Waals surface area contributed by atoms with Crippen LogP contribution in [0.25, 0.3) is 0 Å². The minimum atomic E-state index is 0.216. The van der Waals surface area contributed by atoms with Crippen molar-refractivity contribution in [3.8, 4) is 5.75 Å². The van der Waals surface area contributed by atoms with Gasteiger partial charge in [0.1, 0.15) is 5.75 Å². The fraction of sp³-hybridized carbons (Fsp3) is 0.625. The van der Waals surface area contributed by atoms with E-state index in [1.807, 2.05) is 12.1 Å². The van der Waals surface area contributed by atoms with E-state index in [0.717, 1.165) is 31.7 Å². The molecule has 2 rings (SSSR count). The first-order chi connectivity index (χ1) is 9.27. The van der Waals surface area contributed by atoms with Crippen LogP contribution in [0.4, 0.5) is 0 Å². The minimum absolute atomic E-state index is 0.216. The van der Waals surface area contributed by atoms with Crippen LogP contribution in [0.3, 0.4) is 0 Å². The summed E-state index contributed by atoms with van der Waals surface area (Å²) in [4.78, 5) is 0. The molecule has 0 saturated carbocycles. The number of ether oxygens (including phenoxy) is 2. The van der Waals surface area contributed by atoms with Crippen molar-refractivity contribution < 1.29 is 9.47 Å². The largest absolute Gasteiger partial charge is 0.496 e. The van der Waals surface area contributed by atoms with Crippen molar-refractivity contribution in [1.29, 1.82) is 0 Å². The first-order valence-corrected chi connectivity index (χ1v) is 7.25. The highest BCUT2D eigenvalue weighted by molar-refractivity contribution is 5.36. The van der Waals surface area contributed by atoms with Crippen LogP contribution in [0.2, 0.25) is 0 Å². The van der Waals surface area contributed by atoms with E-state index < -0.39 is 0 Å². The van der Waals surface area contributed by atoms with Crippen molar-refractivity contribution in [3.05, 3.63) is 29.8 Å². The van der Waals surface area contributed by atoms with Crippen LogP contribution in [-0.4, -0.2) is 26.4 Å². The van der Waals surface area contributed by atoms with Crippen LogP contribution in [0, 0.1) is 5.92 Å². The smallest absolute Gasteiger partial charge is 0.123 e. The Labute approximate surface area is 116 Å². The van der Waals surface area contributed by atoms with Gasteiger partial charge in [-0.2, -0.15) is 0 Å². The molecule has 19 heavy (non-hydrogen) atoms. The fourth-order valence-corrected chi connectivity index (χ4v) is 2.77. The van der Waals surface area contributed by atoms with Crippen molar-refractivity contribution in [1.82, 2.24) is 5.32 Å². The Morgan fingerprint density at radius 3 is 2.84 bits per heavy atom. The molecule has 1 aromatic carbocycles. The molecule has 0 aliphatic carbocycles. The summed E-state index contributed by atoms with van der Waals surface area (Å²) in [6.45, 7) is 6.32. The predicted octanol–water partition coefficient (Wildman–Crippen LogP) is 3.16. The summed E-state index contributed by atoms with van der Waals surface area (Å²) in [5, 5.41) is 3.63. The zero-order valence-corrected chi connectivity index (χ0v) is 12.2. The first kappa shape index (κ1) is 14.4. The van der Waals surface area contributed by atoms with Gasteiger partial charge in [0.15, 0.2) is 0 Å². The van der Waals surface area contributed by atoms with Crippen LogP contribution in [0.5, 0.6) is 5.75 Å². The highest BCUT2D eigenvalue weighted by Gasteiger charge is 2.33. The van der Waals surface area contributed by atoms with E-state index in [2.05, 4.69) is 31.3 Å². The van der Waals surface area contributed by atoms with E-state index in [-0.39, 0.29) is 12.1 Å². The van der Waals surface area contributed by atoms with Gasteiger partial charge in [0.25, 0.3) is 0 Å². The second kappa shape index (κ2) is 6.92. The van der Waals surface area contributed by atoms with Gasteiger partial charge in [-0.15, -0.1) is 0 Å². The highest BCUT2D eigenvalue weighted by atomic mass is 16.5. The maximum atomic E-state index is 5.96. The van der Waals surface area contributed by atoms with Crippen LogP contribution >= 0.6 is 0 Å². The molecule has 1 aliphatic rings. The second-order valence-electron chi connectivity index (χ2n) is 5.28. The van der Waals surface area contributed by atoms with E-state index in [4.69, 9.17) is 9.47 Å². The standard InChI is InChI=1S/C16H25NO2/c1-4-10-17-15(16-12(2)9-11-19-16)13-7-5-6-8-14(13)18-3/h5-8,12,15-17H,4,9-11H2,1-3H3. The van der Waals surface area contributed by atoms with Crippen molar-refractivity contribution in [2.45, 2.75) is 38.8 Å². The van der Waals surface area contributed by atoms with Gasteiger partial charge in [-0.1, -0.05) is 32.0 Å². The van der Waals surface area contributed by atoms with E-state index in [9.17, 15) is 0 Å². The van der Waals surface area contributed by atoms with Gasteiger partial charge >= 0.3 is 0 Å². The molecule has 0 radical (unpaired) electrons. The molecule has 0 aromatic heterocycles. The SMILES string of the molecule is CCCNC(c1ccccc1OC)C1OCCC1C. The molecule has 1 aromatic rings. The summed E-state index contributed by atoms with van der Waals surface area (Å²) in [7, 11) is 1.73. The molecule has 0 bridgehead atoms. The third-order valence-electron chi connectivity index (χ3n) is 3.86. The number of rotatable bonds is 6. The number of benzene rings is 1. The molecular formula is C16H25NO2. The summed E-state index contributed by atoms with van der Waals surface area (Å²) in [5.74, 6) is 1.53. The van der Waals surface area contributed by atoms with Crippen LogP contribution in [0.1, 0.15) is 38.3 Å². The molecule has 3 unspecified atom stereocenters. The maximum Gasteiger partial charge on any atom is 0.123 e. The van der Waals surface area contributed by atoms with E-state index in [1.54, 1.807) is 7.11 Å². The molecule has 3 atom stereocenters. The number of nitrogens with one attached hydrogen (secondary N) is 1. The van der Waals surface area contributed by atoms with Crippen molar-refractivity contribution >= 4 is 0 Å². The normalized spacial score (nSPS) is 24.4. The molecular weight excluding hydrogens is 238 g/mol. The lowest BCUT2D eigenvalue weighted by Gasteiger charge is -2.28. The van der Waals surface area contributed by atoms with Gasteiger partial charge in [-0.05, 0) is 31.4 Å². The summed E-state index contributed by atoms with van der Waals surface area (Å²) in [6, 6.07) is 8.46. The van der Waals surface area contributed by atoms with Crippen LogP contribution in [-0.2, 0) is 4.74 Å². The Morgan fingerprint density at radius 2 is 2.21 bits per heavy atom. The second-order valence-corrected chi connectivity index (χ2v) is 5.28. The third-order valence-corrected chi connectivity index (χ3v) is 3.86. The molecule has 106 valence electrons. The number of hydrogen-bond acceptors (Lipinski definition) is 3. The molecule has 1 heterocycles. The molecule has 1 saturated heterocycles.